The molecule has 106 valence electrons. The molecule has 7 heteroatoms. The van der Waals surface area contributed by atoms with Crippen molar-refractivity contribution in [2.24, 2.45) is 0 Å². The second-order valence-electron chi connectivity index (χ2n) is 4.30. The highest BCUT2D eigenvalue weighted by molar-refractivity contribution is 6.21. The number of urea groups is 1. The zero-order chi connectivity index (χ0) is 14.7. The van der Waals surface area contributed by atoms with Crippen molar-refractivity contribution in [2.45, 2.75) is 0 Å². The SMILES string of the molecule is COCCNC(=O)Nc1ccc2c(c1)C(=O)N(C)C2=O. The number of ether oxygens (including phenoxy) is 1. The summed E-state index contributed by atoms with van der Waals surface area (Å²) in [6.07, 6.45) is 0. The lowest BCUT2D eigenvalue weighted by Crippen LogP contribution is -2.31. The van der Waals surface area contributed by atoms with E-state index in [4.69, 9.17) is 4.74 Å². The molecule has 0 saturated carbocycles. The van der Waals surface area contributed by atoms with Crippen LogP contribution in [0.5, 0.6) is 0 Å². The molecule has 1 aromatic carbocycles. The Morgan fingerprint density at radius 3 is 2.65 bits per heavy atom. The highest BCUT2D eigenvalue weighted by Gasteiger charge is 2.32. The van der Waals surface area contributed by atoms with Gasteiger partial charge in [0.2, 0.25) is 0 Å². The molecule has 0 bridgehead atoms. The summed E-state index contributed by atoms with van der Waals surface area (Å²) in [6.45, 7) is 0.794. The molecule has 0 saturated heterocycles. The number of carbonyl (C=O) groups is 3. The van der Waals surface area contributed by atoms with Crippen LogP contribution >= 0.6 is 0 Å². The van der Waals surface area contributed by atoms with Crippen molar-refractivity contribution in [2.75, 3.05) is 32.6 Å². The Labute approximate surface area is 115 Å². The van der Waals surface area contributed by atoms with E-state index in [2.05, 4.69) is 10.6 Å². The highest BCUT2D eigenvalue weighted by atomic mass is 16.5. The zero-order valence-corrected chi connectivity index (χ0v) is 11.2. The first-order valence-corrected chi connectivity index (χ1v) is 6.05. The summed E-state index contributed by atoms with van der Waals surface area (Å²) in [7, 11) is 2.97. The van der Waals surface area contributed by atoms with Crippen LogP contribution in [-0.4, -0.2) is 50.1 Å². The van der Waals surface area contributed by atoms with E-state index in [0.29, 0.717) is 30.0 Å². The molecular weight excluding hydrogens is 262 g/mol. The zero-order valence-electron chi connectivity index (χ0n) is 11.2. The topological polar surface area (TPSA) is 87.7 Å². The number of imide groups is 1. The van der Waals surface area contributed by atoms with Gasteiger partial charge in [0, 0.05) is 26.4 Å². The minimum atomic E-state index is -0.396. The van der Waals surface area contributed by atoms with E-state index in [1.54, 1.807) is 13.2 Å². The lowest BCUT2D eigenvalue weighted by atomic mass is 10.1. The number of nitrogens with one attached hydrogen (secondary N) is 2. The Kier molecular flexibility index (Phi) is 3.99. The fraction of sp³-hybridized carbons (Fsp3) is 0.308. The van der Waals surface area contributed by atoms with Gasteiger partial charge in [0.15, 0.2) is 0 Å². The molecule has 1 aliphatic rings. The second-order valence-corrected chi connectivity index (χ2v) is 4.30. The number of hydrogen-bond acceptors (Lipinski definition) is 4. The number of fused-ring (bicyclic) bond motifs is 1. The molecule has 20 heavy (non-hydrogen) atoms. The molecule has 0 fully saturated rings. The highest BCUT2D eigenvalue weighted by Crippen LogP contribution is 2.24. The van der Waals surface area contributed by atoms with E-state index in [9.17, 15) is 14.4 Å². The van der Waals surface area contributed by atoms with E-state index in [1.807, 2.05) is 0 Å². The summed E-state index contributed by atoms with van der Waals surface area (Å²) in [6, 6.07) is 4.21. The third-order valence-corrected chi connectivity index (χ3v) is 2.94. The molecule has 0 radical (unpaired) electrons. The first-order valence-electron chi connectivity index (χ1n) is 6.05. The van der Waals surface area contributed by atoms with Crippen LogP contribution in [0.4, 0.5) is 10.5 Å². The molecule has 4 amide bonds. The normalized spacial score (nSPS) is 13.4. The Morgan fingerprint density at radius 1 is 1.25 bits per heavy atom. The molecule has 0 unspecified atom stereocenters. The molecule has 0 aromatic heterocycles. The number of hydrogen-bond donors (Lipinski definition) is 2. The van der Waals surface area contributed by atoms with Crippen LogP contribution in [0.2, 0.25) is 0 Å². The molecule has 2 N–H and O–H groups in total. The van der Waals surface area contributed by atoms with Crippen LogP contribution in [-0.2, 0) is 4.74 Å². The number of benzene rings is 1. The molecule has 1 aromatic rings. The minimum Gasteiger partial charge on any atom is -0.383 e. The van der Waals surface area contributed by atoms with Gasteiger partial charge in [0.05, 0.1) is 17.7 Å². The van der Waals surface area contributed by atoms with Gasteiger partial charge >= 0.3 is 6.03 Å². The average Bonchev–Trinajstić information content (AvgIpc) is 2.64. The number of anilines is 1. The fourth-order valence-corrected chi connectivity index (χ4v) is 1.88. The minimum absolute atomic E-state index is 0.298. The monoisotopic (exact) mass is 277 g/mol. The van der Waals surface area contributed by atoms with Crippen molar-refractivity contribution >= 4 is 23.5 Å². The lowest BCUT2D eigenvalue weighted by molar-refractivity contribution is 0.0693. The summed E-state index contributed by atoms with van der Waals surface area (Å²) in [5.74, 6) is -0.700. The van der Waals surface area contributed by atoms with Crippen molar-refractivity contribution in [3.63, 3.8) is 0 Å². The maximum atomic E-state index is 11.8. The lowest BCUT2D eigenvalue weighted by Gasteiger charge is -2.07. The van der Waals surface area contributed by atoms with Crippen LogP contribution in [0.1, 0.15) is 20.7 Å². The van der Waals surface area contributed by atoms with Crippen molar-refractivity contribution < 1.29 is 19.1 Å². The fourth-order valence-electron chi connectivity index (χ4n) is 1.88. The Morgan fingerprint density at radius 2 is 1.95 bits per heavy atom. The van der Waals surface area contributed by atoms with Crippen LogP contribution in [0.3, 0.4) is 0 Å². The number of nitrogens with zero attached hydrogens (tertiary/aromatic N) is 1. The second kappa shape index (κ2) is 5.70. The quantitative estimate of drug-likeness (QED) is 0.626. The molecule has 7 nitrogen and oxygen atoms in total. The molecule has 0 aliphatic carbocycles. The predicted molar refractivity (Wildman–Crippen MR) is 71.8 cm³/mol. The van der Waals surface area contributed by atoms with Crippen molar-refractivity contribution in [1.29, 1.82) is 0 Å². The molecule has 1 heterocycles. The molecule has 1 aliphatic heterocycles. The van der Waals surface area contributed by atoms with Crippen LogP contribution in [0.25, 0.3) is 0 Å². The van der Waals surface area contributed by atoms with E-state index >= 15 is 0 Å². The van der Waals surface area contributed by atoms with Crippen LogP contribution in [0.15, 0.2) is 18.2 Å². The van der Waals surface area contributed by atoms with Gasteiger partial charge in [-0.05, 0) is 18.2 Å². The van der Waals surface area contributed by atoms with Crippen molar-refractivity contribution in [3.8, 4) is 0 Å². The van der Waals surface area contributed by atoms with E-state index in [1.165, 1.54) is 19.2 Å². The summed E-state index contributed by atoms with van der Waals surface area (Å²) >= 11 is 0. The summed E-state index contributed by atoms with van der Waals surface area (Å²) < 4.78 is 4.81. The maximum Gasteiger partial charge on any atom is 0.319 e. The number of rotatable bonds is 4. The van der Waals surface area contributed by atoms with E-state index < -0.39 is 6.03 Å². The Bertz CT molecular complexity index is 571. The number of carbonyl (C=O) groups excluding carboxylic acids is 3. The standard InChI is InChI=1S/C13H15N3O4/c1-16-11(17)9-4-3-8(7-10(9)12(16)18)15-13(19)14-5-6-20-2/h3-4,7H,5-6H2,1-2H3,(H2,14,15,19). The van der Waals surface area contributed by atoms with Crippen LogP contribution < -0.4 is 10.6 Å². The van der Waals surface area contributed by atoms with Gasteiger partial charge in [-0.25, -0.2) is 4.79 Å². The largest absolute Gasteiger partial charge is 0.383 e. The molecule has 2 rings (SSSR count). The molecule has 0 atom stereocenters. The first-order chi connectivity index (χ1) is 9.54. The smallest absolute Gasteiger partial charge is 0.319 e. The van der Waals surface area contributed by atoms with Gasteiger partial charge in [-0.1, -0.05) is 0 Å². The number of amides is 4. The third kappa shape index (κ3) is 2.62. The average molecular weight is 277 g/mol. The molecular formula is C13H15N3O4. The van der Waals surface area contributed by atoms with E-state index in [0.717, 1.165) is 4.90 Å². The number of methoxy groups -OCH3 is 1. The van der Waals surface area contributed by atoms with Crippen molar-refractivity contribution in [1.82, 2.24) is 10.2 Å². The van der Waals surface area contributed by atoms with Gasteiger partial charge in [0.1, 0.15) is 0 Å². The van der Waals surface area contributed by atoms with E-state index in [-0.39, 0.29) is 11.8 Å². The van der Waals surface area contributed by atoms with Gasteiger partial charge < -0.3 is 15.4 Å². The van der Waals surface area contributed by atoms with Crippen molar-refractivity contribution in [3.05, 3.63) is 29.3 Å². The first kappa shape index (κ1) is 14.0. The van der Waals surface area contributed by atoms with Gasteiger partial charge in [-0.3, -0.25) is 14.5 Å². The summed E-state index contributed by atoms with van der Waals surface area (Å²) in [5, 5.41) is 5.18. The van der Waals surface area contributed by atoms with Gasteiger partial charge in [-0.15, -0.1) is 0 Å². The summed E-state index contributed by atoms with van der Waals surface area (Å²) in [4.78, 5) is 36.1. The van der Waals surface area contributed by atoms with Gasteiger partial charge in [-0.2, -0.15) is 0 Å². The van der Waals surface area contributed by atoms with Crippen LogP contribution in [0, 0.1) is 0 Å². The third-order valence-electron chi connectivity index (χ3n) is 2.94. The Balaban J connectivity index is 2.07. The summed E-state index contributed by atoms with van der Waals surface area (Å²) in [5.41, 5.74) is 1.10. The van der Waals surface area contributed by atoms with Gasteiger partial charge in [0.25, 0.3) is 11.8 Å². The maximum absolute atomic E-state index is 11.8. The molecule has 0 spiro atoms. The Hall–Kier alpha value is -2.41. The predicted octanol–water partition coefficient (Wildman–Crippen LogP) is 0.680.